The van der Waals surface area contributed by atoms with Crippen LogP contribution in [0.5, 0.6) is 11.5 Å². The van der Waals surface area contributed by atoms with Crippen LogP contribution in [0.2, 0.25) is 0 Å². The van der Waals surface area contributed by atoms with E-state index in [1.165, 1.54) is 6.20 Å². The predicted octanol–water partition coefficient (Wildman–Crippen LogP) is 1.76. The lowest BCUT2D eigenvalue weighted by atomic mass is 10.2. The fourth-order valence-corrected chi connectivity index (χ4v) is 4.54. The van der Waals surface area contributed by atoms with Crippen molar-refractivity contribution in [1.82, 2.24) is 10.3 Å². The standard InChI is InChI=1S/C18H21N3O5S/c1-25-14-3-4-17(26-2)15(10-14)20-12-5-7-19-16(9-12)18(22)21-13-6-8-27(23,24)11-13/h3-5,7,9-10,13H,6,8,11H2,1-2H3,(H,19,20)(H,21,22). The van der Waals surface area contributed by atoms with E-state index in [0.29, 0.717) is 29.3 Å². The molecule has 1 aliphatic heterocycles. The van der Waals surface area contributed by atoms with Gasteiger partial charge in [0.05, 0.1) is 31.4 Å². The van der Waals surface area contributed by atoms with Crippen LogP contribution in [-0.2, 0) is 9.84 Å². The molecule has 1 atom stereocenters. The van der Waals surface area contributed by atoms with E-state index < -0.39 is 15.7 Å². The Kier molecular flexibility index (Phi) is 5.50. The summed E-state index contributed by atoms with van der Waals surface area (Å²) in [6, 6.07) is 8.27. The lowest BCUT2D eigenvalue weighted by molar-refractivity contribution is 0.0936. The molecule has 9 heteroatoms. The van der Waals surface area contributed by atoms with Gasteiger partial charge in [-0.3, -0.25) is 9.78 Å². The zero-order chi connectivity index (χ0) is 19.4. The van der Waals surface area contributed by atoms with Crippen LogP contribution in [0.3, 0.4) is 0 Å². The molecule has 1 aliphatic rings. The highest BCUT2D eigenvalue weighted by Crippen LogP contribution is 2.31. The molecule has 2 aromatic rings. The molecule has 1 aromatic heterocycles. The predicted molar refractivity (Wildman–Crippen MR) is 102 cm³/mol. The molecule has 0 spiro atoms. The van der Waals surface area contributed by atoms with Crippen molar-refractivity contribution in [3.8, 4) is 11.5 Å². The summed E-state index contributed by atoms with van der Waals surface area (Å²) < 4.78 is 33.6. The average Bonchev–Trinajstić information content (AvgIpc) is 3.00. The third-order valence-electron chi connectivity index (χ3n) is 4.25. The van der Waals surface area contributed by atoms with Crippen LogP contribution in [0.1, 0.15) is 16.9 Å². The lowest BCUT2D eigenvalue weighted by Crippen LogP contribution is -2.36. The summed E-state index contributed by atoms with van der Waals surface area (Å²) in [5, 5.41) is 5.91. The van der Waals surface area contributed by atoms with Crippen molar-refractivity contribution < 1.29 is 22.7 Å². The maximum absolute atomic E-state index is 12.4. The van der Waals surface area contributed by atoms with Crippen molar-refractivity contribution >= 4 is 27.1 Å². The Morgan fingerprint density at radius 3 is 2.67 bits per heavy atom. The Morgan fingerprint density at radius 1 is 1.19 bits per heavy atom. The number of hydrogen-bond donors (Lipinski definition) is 2. The molecular formula is C18H21N3O5S. The molecule has 2 N–H and O–H groups in total. The SMILES string of the molecule is COc1ccc(OC)c(Nc2ccnc(C(=O)NC3CCS(=O)(=O)C3)c2)c1. The quantitative estimate of drug-likeness (QED) is 0.773. The van der Waals surface area contributed by atoms with Gasteiger partial charge in [-0.25, -0.2) is 8.42 Å². The summed E-state index contributed by atoms with van der Waals surface area (Å²) >= 11 is 0. The molecule has 1 unspecified atom stereocenters. The van der Waals surface area contributed by atoms with Gasteiger partial charge in [-0.05, 0) is 30.7 Å². The third-order valence-corrected chi connectivity index (χ3v) is 6.01. The van der Waals surface area contributed by atoms with Gasteiger partial charge in [0.2, 0.25) is 0 Å². The molecule has 1 amide bonds. The Balaban J connectivity index is 1.75. The fourth-order valence-electron chi connectivity index (χ4n) is 2.87. The van der Waals surface area contributed by atoms with Gasteiger partial charge in [0.15, 0.2) is 9.84 Å². The van der Waals surface area contributed by atoms with Crippen molar-refractivity contribution in [2.45, 2.75) is 12.5 Å². The first-order valence-electron chi connectivity index (χ1n) is 8.36. The number of carbonyl (C=O) groups is 1. The molecule has 0 radical (unpaired) electrons. The van der Waals surface area contributed by atoms with Crippen LogP contribution < -0.4 is 20.1 Å². The maximum atomic E-state index is 12.4. The molecule has 1 fully saturated rings. The van der Waals surface area contributed by atoms with E-state index in [9.17, 15) is 13.2 Å². The highest BCUT2D eigenvalue weighted by atomic mass is 32.2. The van der Waals surface area contributed by atoms with E-state index in [1.54, 1.807) is 44.6 Å². The molecule has 1 saturated heterocycles. The van der Waals surface area contributed by atoms with Crippen LogP contribution >= 0.6 is 0 Å². The summed E-state index contributed by atoms with van der Waals surface area (Å²) in [7, 11) is 0.0770. The number of hydrogen-bond acceptors (Lipinski definition) is 7. The van der Waals surface area contributed by atoms with Crippen LogP contribution in [0.4, 0.5) is 11.4 Å². The smallest absolute Gasteiger partial charge is 0.270 e. The highest BCUT2D eigenvalue weighted by Gasteiger charge is 2.29. The normalized spacial score (nSPS) is 17.9. The van der Waals surface area contributed by atoms with Crippen molar-refractivity contribution in [2.75, 3.05) is 31.0 Å². The number of nitrogens with zero attached hydrogens (tertiary/aromatic N) is 1. The molecule has 144 valence electrons. The number of ether oxygens (including phenoxy) is 2. The minimum Gasteiger partial charge on any atom is -0.497 e. The number of carbonyl (C=O) groups excluding carboxylic acids is 1. The number of pyridine rings is 1. The second kappa shape index (κ2) is 7.83. The van der Waals surface area contributed by atoms with Gasteiger partial charge in [0.1, 0.15) is 17.2 Å². The van der Waals surface area contributed by atoms with E-state index in [-0.39, 0.29) is 23.2 Å². The third kappa shape index (κ3) is 4.68. The van der Waals surface area contributed by atoms with Gasteiger partial charge in [0, 0.05) is 24.0 Å². The summed E-state index contributed by atoms with van der Waals surface area (Å²) in [4.78, 5) is 16.5. The van der Waals surface area contributed by atoms with E-state index in [1.807, 2.05) is 0 Å². The number of amides is 1. The summed E-state index contributed by atoms with van der Waals surface area (Å²) in [5.41, 5.74) is 1.52. The van der Waals surface area contributed by atoms with Crippen molar-refractivity contribution in [1.29, 1.82) is 0 Å². The zero-order valence-electron chi connectivity index (χ0n) is 15.1. The molecule has 0 bridgehead atoms. The first-order valence-corrected chi connectivity index (χ1v) is 10.2. The Bertz CT molecular complexity index is 946. The van der Waals surface area contributed by atoms with Crippen LogP contribution in [0, 0.1) is 0 Å². The molecule has 1 aromatic carbocycles. The minimum atomic E-state index is -3.06. The van der Waals surface area contributed by atoms with Gasteiger partial charge >= 0.3 is 0 Å². The molecule has 3 rings (SSSR count). The number of anilines is 2. The van der Waals surface area contributed by atoms with Crippen LogP contribution in [-0.4, -0.2) is 51.1 Å². The second-order valence-corrected chi connectivity index (χ2v) is 8.42. The zero-order valence-corrected chi connectivity index (χ0v) is 15.9. The fraction of sp³-hybridized carbons (Fsp3) is 0.333. The molecular weight excluding hydrogens is 370 g/mol. The monoisotopic (exact) mass is 391 g/mol. The Hall–Kier alpha value is -2.81. The Morgan fingerprint density at radius 2 is 2.00 bits per heavy atom. The van der Waals surface area contributed by atoms with Crippen LogP contribution in [0.25, 0.3) is 0 Å². The number of nitrogens with one attached hydrogen (secondary N) is 2. The van der Waals surface area contributed by atoms with E-state index in [4.69, 9.17) is 9.47 Å². The largest absolute Gasteiger partial charge is 0.497 e. The van der Waals surface area contributed by atoms with E-state index in [0.717, 1.165) is 0 Å². The van der Waals surface area contributed by atoms with Gasteiger partial charge < -0.3 is 20.1 Å². The van der Waals surface area contributed by atoms with Gasteiger partial charge in [0.25, 0.3) is 5.91 Å². The first kappa shape index (κ1) is 19.0. The van der Waals surface area contributed by atoms with E-state index in [2.05, 4.69) is 15.6 Å². The molecule has 0 saturated carbocycles. The summed E-state index contributed by atoms with van der Waals surface area (Å²) in [6.45, 7) is 0. The van der Waals surface area contributed by atoms with Gasteiger partial charge in [-0.15, -0.1) is 0 Å². The molecule has 27 heavy (non-hydrogen) atoms. The number of aromatic nitrogens is 1. The lowest BCUT2D eigenvalue weighted by Gasteiger charge is -2.14. The highest BCUT2D eigenvalue weighted by molar-refractivity contribution is 7.91. The minimum absolute atomic E-state index is 0.0301. The second-order valence-electron chi connectivity index (χ2n) is 6.19. The van der Waals surface area contributed by atoms with Crippen molar-refractivity contribution in [3.63, 3.8) is 0 Å². The van der Waals surface area contributed by atoms with Gasteiger partial charge in [-0.2, -0.15) is 0 Å². The van der Waals surface area contributed by atoms with Gasteiger partial charge in [-0.1, -0.05) is 0 Å². The molecule has 8 nitrogen and oxygen atoms in total. The first-order chi connectivity index (χ1) is 12.9. The number of sulfone groups is 1. The number of rotatable bonds is 6. The molecule has 2 heterocycles. The summed E-state index contributed by atoms with van der Waals surface area (Å²) in [5.74, 6) is 0.946. The van der Waals surface area contributed by atoms with Crippen LogP contribution in [0.15, 0.2) is 36.5 Å². The Labute approximate surface area is 157 Å². The number of benzene rings is 1. The van der Waals surface area contributed by atoms with Crippen molar-refractivity contribution in [2.24, 2.45) is 0 Å². The topological polar surface area (TPSA) is 107 Å². The maximum Gasteiger partial charge on any atom is 0.270 e. The molecule has 0 aliphatic carbocycles. The average molecular weight is 391 g/mol. The summed E-state index contributed by atoms with van der Waals surface area (Å²) in [6.07, 6.45) is 1.93. The number of methoxy groups -OCH3 is 2. The van der Waals surface area contributed by atoms with E-state index >= 15 is 0 Å². The van der Waals surface area contributed by atoms with Crippen molar-refractivity contribution in [3.05, 3.63) is 42.2 Å².